The zero-order valence-corrected chi connectivity index (χ0v) is 12.9. The summed E-state index contributed by atoms with van der Waals surface area (Å²) in [6.07, 6.45) is 4.45. The van der Waals surface area contributed by atoms with Gasteiger partial charge in [-0.25, -0.2) is 0 Å². The Kier molecular flexibility index (Phi) is 6.05. The maximum absolute atomic E-state index is 10.5. The molecule has 0 radical (unpaired) electrons. The Bertz CT molecular complexity index is 428. The van der Waals surface area contributed by atoms with Crippen LogP contribution in [0, 0.1) is 0 Å². The Morgan fingerprint density at radius 2 is 1.90 bits per heavy atom. The van der Waals surface area contributed by atoms with Crippen molar-refractivity contribution >= 4 is 11.7 Å². The maximum atomic E-state index is 10.5. The molecule has 0 aliphatic carbocycles. The van der Waals surface area contributed by atoms with Gasteiger partial charge in [-0.3, -0.25) is 4.79 Å². The molecule has 1 N–H and O–H groups in total. The standard InChI is InChI=1S/C17H26N2O2/c1-18(15-7-3-2-4-8-15)16-10-13-19(14-11-16)12-6-5-9-17(20)21/h2-4,7-8,16H,5-6,9-14H2,1H3,(H,20,21). The second-order valence-electron chi connectivity index (χ2n) is 5.87. The number of hydrogen-bond donors (Lipinski definition) is 1. The molecule has 2 rings (SSSR count). The summed E-state index contributed by atoms with van der Waals surface area (Å²) in [6, 6.07) is 11.2. The molecule has 1 heterocycles. The van der Waals surface area contributed by atoms with E-state index in [9.17, 15) is 4.79 Å². The van der Waals surface area contributed by atoms with E-state index in [1.165, 1.54) is 18.5 Å². The van der Waals surface area contributed by atoms with Gasteiger partial charge in [0.15, 0.2) is 0 Å². The summed E-state index contributed by atoms with van der Waals surface area (Å²) < 4.78 is 0. The van der Waals surface area contributed by atoms with Gasteiger partial charge in [0, 0.05) is 38.3 Å². The molecule has 1 aromatic carbocycles. The van der Waals surface area contributed by atoms with Crippen molar-refractivity contribution in [1.29, 1.82) is 0 Å². The van der Waals surface area contributed by atoms with Crippen molar-refractivity contribution in [3.05, 3.63) is 30.3 Å². The number of carboxylic acid groups (broad SMARTS) is 1. The van der Waals surface area contributed by atoms with E-state index in [0.29, 0.717) is 12.5 Å². The van der Waals surface area contributed by atoms with Gasteiger partial charge in [0.1, 0.15) is 0 Å². The van der Waals surface area contributed by atoms with Crippen molar-refractivity contribution in [2.45, 2.75) is 38.1 Å². The van der Waals surface area contributed by atoms with Crippen LogP contribution in [0.5, 0.6) is 0 Å². The first kappa shape index (κ1) is 15.8. The molecule has 21 heavy (non-hydrogen) atoms. The molecule has 0 atom stereocenters. The Labute approximate surface area is 127 Å². The summed E-state index contributed by atoms with van der Waals surface area (Å²) in [5, 5.41) is 8.64. The maximum Gasteiger partial charge on any atom is 0.303 e. The average molecular weight is 290 g/mol. The van der Waals surface area contributed by atoms with Crippen molar-refractivity contribution < 1.29 is 9.90 Å². The fourth-order valence-electron chi connectivity index (χ4n) is 3.02. The third kappa shape index (κ3) is 5.05. The van der Waals surface area contributed by atoms with E-state index < -0.39 is 5.97 Å². The van der Waals surface area contributed by atoms with Gasteiger partial charge in [0.2, 0.25) is 0 Å². The Morgan fingerprint density at radius 3 is 2.52 bits per heavy atom. The monoisotopic (exact) mass is 290 g/mol. The fourth-order valence-corrected chi connectivity index (χ4v) is 3.02. The number of para-hydroxylation sites is 1. The van der Waals surface area contributed by atoms with Crippen LogP contribution < -0.4 is 4.90 Å². The van der Waals surface area contributed by atoms with Crippen molar-refractivity contribution in [3.8, 4) is 0 Å². The Balaban J connectivity index is 1.69. The molecule has 0 unspecified atom stereocenters. The zero-order valence-electron chi connectivity index (χ0n) is 12.9. The number of benzene rings is 1. The first-order valence-corrected chi connectivity index (χ1v) is 7.89. The van der Waals surface area contributed by atoms with E-state index in [1.807, 2.05) is 0 Å². The quantitative estimate of drug-likeness (QED) is 0.784. The minimum Gasteiger partial charge on any atom is -0.481 e. The minimum atomic E-state index is -0.682. The fraction of sp³-hybridized carbons (Fsp3) is 0.588. The minimum absolute atomic E-state index is 0.299. The van der Waals surface area contributed by atoms with E-state index in [0.717, 1.165) is 32.5 Å². The molecule has 4 heteroatoms. The van der Waals surface area contributed by atoms with Crippen LogP contribution in [0.2, 0.25) is 0 Å². The number of hydrogen-bond acceptors (Lipinski definition) is 3. The van der Waals surface area contributed by atoms with Crippen LogP contribution in [0.25, 0.3) is 0 Å². The lowest BCUT2D eigenvalue weighted by atomic mass is 10.0. The van der Waals surface area contributed by atoms with Gasteiger partial charge >= 0.3 is 5.97 Å². The Morgan fingerprint density at radius 1 is 1.24 bits per heavy atom. The van der Waals surface area contributed by atoms with Crippen molar-refractivity contribution in [1.82, 2.24) is 4.90 Å². The molecule has 0 spiro atoms. The van der Waals surface area contributed by atoms with Gasteiger partial charge < -0.3 is 14.9 Å². The van der Waals surface area contributed by atoms with Gasteiger partial charge in [-0.15, -0.1) is 0 Å². The lowest BCUT2D eigenvalue weighted by Crippen LogP contribution is -2.43. The predicted molar refractivity (Wildman–Crippen MR) is 85.8 cm³/mol. The van der Waals surface area contributed by atoms with Crippen LogP contribution in [0.3, 0.4) is 0 Å². The number of likely N-dealkylation sites (tertiary alicyclic amines) is 1. The molecular formula is C17H26N2O2. The molecule has 0 amide bonds. The second-order valence-corrected chi connectivity index (χ2v) is 5.87. The molecule has 1 aromatic rings. The van der Waals surface area contributed by atoms with Gasteiger partial charge in [-0.2, -0.15) is 0 Å². The second kappa shape index (κ2) is 8.03. The summed E-state index contributed by atoms with van der Waals surface area (Å²) in [7, 11) is 2.18. The predicted octanol–water partition coefficient (Wildman–Crippen LogP) is 2.84. The normalized spacial score (nSPS) is 16.8. The largest absolute Gasteiger partial charge is 0.481 e. The molecule has 1 saturated heterocycles. The first-order chi connectivity index (χ1) is 10.2. The molecule has 0 aromatic heterocycles. The number of rotatable bonds is 7. The van der Waals surface area contributed by atoms with Gasteiger partial charge in [0.05, 0.1) is 0 Å². The number of aliphatic carboxylic acids is 1. The number of unbranched alkanes of at least 4 members (excludes halogenated alkanes) is 1. The number of anilines is 1. The summed E-state index contributed by atoms with van der Waals surface area (Å²) >= 11 is 0. The van der Waals surface area contributed by atoms with Gasteiger partial charge in [0.25, 0.3) is 0 Å². The molecule has 0 saturated carbocycles. The molecule has 4 nitrogen and oxygen atoms in total. The van der Waals surface area contributed by atoms with E-state index >= 15 is 0 Å². The molecule has 1 fully saturated rings. The molecule has 1 aliphatic heterocycles. The lowest BCUT2D eigenvalue weighted by Gasteiger charge is -2.37. The smallest absolute Gasteiger partial charge is 0.303 e. The van der Waals surface area contributed by atoms with Gasteiger partial charge in [-0.05, 0) is 44.4 Å². The van der Waals surface area contributed by atoms with Crippen LogP contribution in [0.1, 0.15) is 32.1 Å². The SMILES string of the molecule is CN(c1ccccc1)C1CCN(CCCCC(=O)O)CC1. The van der Waals surface area contributed by atoms with Crippen LogP contribution in [-0.4, -0.2) is 48.7 Å². The number of piperidine rings is 1. The van der Waals surface area contributed by atoms with E-state index in [2.05, 4.69) is 47.2 Å². The summed E-state index contributed by atoms with van der Waals surface area (Å²) in [6.45, 7) is 3.28. The number of nitrogens with zero attached hydrogens (tertiary/aromatic N) is 2. The molecule has 0 bridgehead atoms. The number of carboxylic acids is 1. The highest BCUT2D eigenvalue weighted by Gasteiger charge is 2.22. The molecular weight excluding hydrogens is 264 g/mol. The van der Waals surface area contributed by atoms with Crippen LogP contribution in [0.4, 0.5) is 5.69 Å². The highest BCUT2D eigenvalue weighted by molar-refractivity contribution is 5.66. The van der Waals surface area contributed by atoms with Gasteiger partial charge in [-0.1, -0.05) is 18.2 Å². The van der Waals surface area contributed by atoms with Crippen LogP contribution >= 0.6 is 0 Å². The van der Waals surface area contributed by atoms with E-state index in [1.54, 1.807) is 0 Å². The highest BCUT2D eigenvalue weighted by atomic mass is 16.4. The topological polar surface area (TPSA) is 43.8 Å². The lowest BCUT2D eigenvalue weighted by molar-refractivity contribution is -0.137. The van der Waals surface area contributed by atoms with Crippen LogP contribution in [0.15, 0.2) is 30.3 Å². The third-order valence-electron chi connectivity index (χ3n) is 4.38. The Hall–Kier alpha value is -1.55. The van der Waals surface area contributed by atoms with Crippen molar-refractivity contribution in [2.24, 2.45) is 0 Å². The van der Waals surface area contributed by atoms with E-state index in [-0.39, 0.29) is 0 Å². The molecule has 1 aliphatic rings. The average Bonchev–Trinajstić information content (AvgIpc) is 2.52. The first-order valence-electron chi connectivity index (χ1n) is 7.89. The summed E-state index contributed by atoms with van der Waals surface area (Å²) in [4.78, 5) is 15.3. The van der Waals surface area contributed by atoms with Crippen molar-refractivity contribution in [3.63, 3.8) is 0 Å². The van der Waals surface area contributed by atoms with Crippen molar-refractivity contribution in [2.75, 3.05) is 31.6 Å². The van der Waals surface area contributed by atoms with Crippen LogP contribution in [-0.2, 0) is 4.79 Å². The highest BCUT2D eigenvalue weighted by Crippen LogP contribution is 2.21. The zero-order chi connectivity index (χ0) is 15.1. The summed E-state index contributed by atoms with van der Waals surface area (Å²) in [5.74, 6) is -0.682. The number of carbonyl (C=O) groups is 1. The third-order valence-corrected chi connectivity index (χ3v) is 4.38. The molecule has 116 valence electrons. The summed E-state index contributed by atoms with van der Waals surface area (Å²) in [5.41, 5.74) is 1.29. The van der Waals surface area contributed by atoms with E-state index in [4.69, 9.17) is 5.11 Å².